The van der Waals surface area contributed by atoms with E-state index < -0.39 is 6.36 Å². The van der Waals surface area contributed by atoms with Crippen LogP contribution in [0.5, 0.6) is 5.75 Å². The predicted octanol–water partition coefficient (Wildman–Crippen LogP) is 5.20. The number of benzene rings is 2. The smallest absolute Gasteiger partial charge is 0.406 e. The number of aromatic nitrogens is 3. The van der Waals surface area contributed by atoms with Crippen molar-refractivity contribution < 1.29 is 17.9 Å². The molecule has 0 aliphatic heterocycles. The van der Waals surface area contributed by atoms with Crippen LogP contribution in [0.4, 0.5) is 19.0 Å². The summed E-state index contributed by atoms with van der Waals surface area (Å²) in [6.45, 7) is 0.448. The third-order valence-corrected chi connectivity index (χ3v) is 4.12. The van der Waals surface area contributed by atoms with E-state index in [0.29, 0.717) is 34.7 Å². The highest BCUT2D eigenvalue weighted by molar-refractivity contribution is 5.91. The average molecular weight is 396 g/mol. The SMILES string of the molecule is FC(F)(F)Oc1ccc2nc(-c3cccnc3)nc(NCc3ccccc3)c2c1. The number of nitrogens with zero attached hydrogens (tertiary/aromatic N) is 3. The first-order valence-corrected chi connectivity index (χ1v) is 8.74. The predicted molar refractivity (Wildman–Crippen MR) is 103 cm³/mol. The zero-order valence-electron chi connectivity index (χ0n) is 15.0. The van der Waals surface area contributed by atoms with E-state index in [-0.39, 0.29) is 5.75 Å². The second kappa shape index (κ2) is 7.75. The van der Waals surface area contributed by atoms with Crippen LogP contribution in [0.1, 0.15) is 5.56 Å². The molecule has 29 heavy (non-hydrogen) atoms. The Morgan fingerprint density at radius 1 is 0.931 bits per heavy atom. The maximum atomic E-state index is 12.6. The molecule has 0 amide bonds. The summed E-state index contributed by atoms with van der Waals surface area (Å²) < 4.78 is 41.9. The summed E-state index contributed by atoms with van der Waals surface area (Å²) in [6.07, 6.45) is -1.51. The van der Waals surface area contributed by atoms with Gasteiger partial charge in [0.1, 0.15) is 11.6 Å². The first-order chi connectivity index (χ1) is 14.0. The van der Waals surface area contributed by atoms with Crippen LogP contribution in [0.15, 0.2) is 73.1 Å². The van der Waals surface area contributed by atoms with Gasteiger partial charge in [-0.1, -0.05) is 30.3 Å². The van der Waals surface area contributed by atoms with Crippen LogP contribution in [-0.2, 0) is 6.54 Å². The van der Waals surface area contributed by atoms with Gasteiger partial charge < -0.3 is 10.1 Å². The number of hydrogen-bond donors (Lipinski definition) is 1. The molecule has 0 unspecified atom stereocenters. The molecule has 0 spiro atoms. The van der Waals surface area contributed by atoms with Crippen molar-refractivity contribution in [2.75, 3.05) is 5.32 Å². The Balaban J connectivity index is 1.77. The fourth-order valence-electron chi connectivity index (χ4n) is 2.85. The second-order valence-corrected chi connectivity index (χ2v) is 6.20. The van der Waals surface area contributed by atoms with Gasteiger partial charge in [0.15, 0.2) is 5.82 Å². The number of anilines is 1. The molecule has 2 aromatic heterocycles. The van der Waals surface area contributed by atoms with Gasteiger partial charge in [-0.3, -0.25) is 4.98 Å². The molecule has 2 aromatic carbocycles. The minimum atomic E-state index is -4.78. The molecule has 0 saturated heterocycles. The normalized spacial score (nSPS) is 11.4. The van der Waals surface area contributed by atoms with E-state index in [4.69, 9.17) is 0 Å². The molecule has 4 aromatic rings. The van der Waals surface area contributed by atoms with Crippen LogP contribution in [0.3, 0.4) is 0 Å². The van der Waals surface area contributed by atoms with Crippen LogP contribution >= 0.6 is 0 Å². The van der Waals surface area contributed by atoms with Crippen molar-refractivity contribution in [3.8, 4) is 17.1 Å². The molecule has 0 aliphatic rings. The number of hydrogen-bond acceptors (Lipinski definition) is 5. The Labute approximate surface area is 164 Å². The number of pyridine rings is 1. The Morgan fingerprint density at radius 2 is 1.76 bits per heavy atom. The highest BCUT2D eigenvalue weighted by Gasteiger charge is 2.31. The maximum absolute atomic E-state index is 12.6. The molecule has 1 N–H and O–H groups in total. The third-order valence-electron chi connectivity index (χ3n) is 4.12. The van der Waals surface area contributed by atoms with E-state index >= 15 is 0 Å². The minimum Gasteiger partial charge on any atom is -0.406 e. The second-order valence-electron chi connectivity index (χ2n) is 6.20. The molecule has 0 saturated carbocycles. The van der Waals surface area contributed by atoms with E-state index in [9.17, 15) is 13.2 Å². The lowest BCUT2D eigenvalue weighted by molar-refractivity contribution is -0.274. The van der Waals surface area contributed by atoms with E-state index in [0.717, 1.165) is 5.56 Å². The first-order valence-electron chi connectivity index (χ1n) is 8.74. The van der Waals surface area contributed by atoms with Gasteiger partial charge >= 0.3 is 6.36 Å². The Hall–Kier alpha value is -3.68. The summed E-state index contributed by atoms with van der Waals surface area (Å²) in [6, 6.07) is 17.2. The Bertz CT molecular complexity index is 1120. The van der Waals surface area contributed by atoms with Crippen molar-refractivity contribution in [3.05, 3.63) is 78.6 Å². The molecule has 0 radical (unpaired) electrons. The lowest BCUT2D eigenvalue weighted by Crippen LogP contribution is -2.17. The maximum Gasteiger partial charge on any atom is 0.573 e. The van der Waals surface area contributed by atoms with E-state index in [1.54, 1.807) is 18.5 Å². The highest BCUT2D eigenvalue weighted by Crippen LogP contribution is 2.31. The van der Waals surface area contributed by atoms with Crippen molar-refractivity contribution in [1.82, 2.24) is 15.0 Å². The zero-order valence-corrected chi connectivity index (χ0v) is 15.0. The van der Waals surface area contributed by atoms with Crippen LogP contribution in [-0.4, -0.2) is 21.3 Å². The van der Waals surface area contributed by atoms with Crippen molar-refractivity contribution in [2.24, 2.45) is 0 Å². The number of fused-ring (bicyclic) bond motifs is 1. The van der Waals surface area contributed by atoms with Crippen LogP contribution in [0, 0.1) is 0 Å². The van der Waals surface area contributed by atoms with Crippen LogP contribution < -0.4 is 10.1 Å². The van der Waals surface area contributed by atoms with Crippen molar-refractivity contribution in [1.29, 1.82) is 0 Å². The number of ether oxygens (including phenoxy) is 1. The molecule has 146 valence electrons. The molecule has 0 atom stereocenters. The molecule has 2 heterocycles. The summed E-state index contributed by atoms with van der Waals surface area (Å²) in [5.41, 5.74) is 2.20. The lowest BCUT2D eigenvalue weighted by atomic mass is 10.2. The van der Waals surface area contributed by atoms with E-state index in [1.807, 2.05) is 36.4 Å². The summed E-state index contributed by atoms with van der Waals surface area (Å²) >= 11 is 0. The lowest BCUT2D eigenvalue weighted by Gasteiger charge is -2.13. The van der Waals surface area contributed by atoms with Crippen molar-refractivity contribution in [3.63, 3.8) is 0 Å². The number of halogens is 3. The molecular weight excluding hydrogens is 381 g/mol. The molecule has 5 nitrogen and oxygen atoms in total. The van der Waals surface area contributed by atoms with Gasteiger partial charge in [-0.25, -0.2) is 9.97 Å². The third kappa shape index (κ3) is 4.60. The molecule has 0 bridgehead atoms. The van der Waals surface area contributed by atoms with Gasteiger partial charge in [-0.15, -0.1) is 13.2 Å². The fourth-order valence-corrected chi connectivity index (χ4v) is 2.85. The Kier molecular flexibility index (Phi) is 4.99. The van der Waals surface area contributed by atoms with Gasteiger partial charge in [0.2, 0.25) is 0 Å². The zero-order chi connectivity index (χ0) is 20.3. The number of rotatable bonds is 5. The summed E-state index contributed by atoms with van der Waals surface area (Å²) in [7, 11) is 0. The summed E-state index contributed by atoms with van der Waals surface area (Å²) in [5, 5.41) is 3.62. The quantitative estimate of drug-likeness (QED) is 0.502. The minimum absolute atomic E-state index is 0.328. The van der Waals surface area contributed by atoms with Crippen LogP contribution in [0.2, 0.25) is 0 Å². The number of nitrogens with one attached hydrogen (secondary N) is 1. The van der Waals surface area contributed by atoms with Gasteiger partial charge in [0.25, 0.3) is 0 Å². The monoisotopic (exact) mass is 396 g/mol. The molecular formula is C21H15F3N4O. The number of alkyl halides is 3. The van der Waals surface area contributed by atoms with E-state index in [1.165, 1.54) is 18.2 Å². The van der Waals surface area contributed by atoms with Gasteiger partial charge in [-0.05, 0) is 35.9 Å². The van der Waals surface area contributed by atoms with Gasteiger partial charge in [0.05, 0.1) is 5.52 Å². The Morgan fingerprint density at radius 3 is 2.48 bits per heavy atom. The largest absolute Gasteiger partial charge is 0.573 e. The average Bonchev–Trinajstić information content (AvgIpc) is 2.72. The van der Waals surface area contributed by atoms with Gasteiger partial charge in [-0.2, -0.15) is 0 Å². The van der Waals surface area contributed by atoms with Crippen molar-refractivity contribution in [2.45, 2.75) is 12.9 Å². The highest BCUT2D eigenvalue weighted by atomic mass is 19.4. The van der Waals surface area contributed by atoms with Crippen molar-refractivity contribution >= 4 is 16.7 Å². The van der Waals surface area contributed by atoms with E-state index in [2.05, 4.69) is 25.0 Å². The fraction of sp³-hybridized carbons (Fsp3) is 0.0952. The molecule has 4 rings (SSSR count). The van der Waals surface area contributed by atoms with Crippen LogP contribution in [0.25, 0.3) is 22.3 Å². The topological polar surface area (TPSA) is 59.9 Å². The van der Waals surface area contributed by atoms with Gasteiger partial charge in [0, 0.05) is 29.9 Å². The first kappa shape index (κ1) is 18.7. The molecule has 0 aliphatic carbocycles. The standard InChI is InChI=1S/C21H15F3N4O/c22-21(23,24)29-16-8-9-18-17(11-16)20(26-12-14-5-2-1-3-6-14)28-19(27-18)15-7-4-10-25-13-15/h1-11,13H,12H2,(H,26,27,28). The summed E-state index contributed by atoms with van der Waals surface area (Å²) in [4.78, 5) is 13.1. The molecule has 0 fully saturated rings. The summed E-state index contributed by atoms with van der Waals surface area (Å²) in [5.74, 6) is 0.501. The molecule has 8 heteroatoms.